The minimum atomic E-state index is -0.650. The number of carbonyl (C=O) groups is 1. The summed E-state index contributed by atoms with van der Waals surface area (Å²) in [5.74, 6) is -0.788. The van der Waals surface area contributed by atoms with Gasteiger partial charge in [0.25, 0.3) is 0 Å². The topological polar surface area (TPSA) is 26.3 Å². The number of carbonyl (C=O) groups excluding carboxylic acids is 1. The monoisotopic (exact) mass is 140 g/mol. The van der Waals surface area contributed by atoms with Gasteiger partial charge in [0, 0.05) is 0 Å². The first-order valence-corrected chi connectivity index (χ1v) is 2.62. The quantitative estimate of drug-likeness (QED) is 0.427. The van der Waals surface area contributed by atoms with Crippen molar-refractivity contribution in [2.24, 2.45) is 0 Å². The maximum Gasteiger partial charge on any atom is 0.320 e. The van der Waals surface area contributed by atoms with Crippen LogP contribution in [0.1, 0.15) is 0 Å². The molecule has 0 fully saturated rings. The second-order valence-electron chi connectivity index (χ2n) is 1.04. The van der Waals surface area contributed by atoms with Gasteiger partial charge in [0.2, 0.25) is 0 Å². The minimum absolute atomic E-state index is 0.189. The summed E-state index contributed by atoms with van der Waals surface area (Å²) in [5, 5.41) is 0. The van der Waals surface area contributed by atoms with Crippen LogP contribution in [-0.2, 0) is 9.53 Å². The Kier molecular flexibility index (Phi) is 4.65. The molecule has 0 aromatic rings. The van der Waals surface area contributed by atoms with Crippen molar-refractivity contribution in [3.8, 4) is 0 Å². The van der Waals surface area contributed by atoms with Gasteiger partial charge in [-0.2, -0.15) is 0 Å². The van der Waals surface area contributed by atoms with Crippen molar-refractivity contribution in [1.29, 1.82) is 0 Å². The molecule has 2 nitrogen and oxygen atoms in total. The van der Waals surface area contributed by atoms with Crippen molar-refractivity contribution in [2.45, 2.75) is 0 Å². The van der Waals surface area contributed by atoms with Crippen LogP contribution in [0.4, 0.5) is 4.39 Å². The van der Waals surface area contributed by atoms with Gasteiger partial charge >= 0.3 is 5.97 Å². The van der Waals surface area contributed by atoms with E-state index < -0.39 is 12.6 Å². The highest BCUT2D eigenvalue weighted by atomic mass is 35.5. The van der Waals surface area contributed by atoms with Gasteiger partial charge in [-0.05, 0) is 0 Å². The Morgan fingerprint density at radius 3 is 2.75 bits per heavy atom. The second-order valence-corrected chi connectivity index (χ2v) is 1.31. The molecule has 4 heteroatoms. The summed E-state index contributed by atoms with van der Waals surface area (Å²) in [7, 11) is 0. The third-order valence-corrected chi connectivity index (χ3v) is 0.668. The Bertz CT molecular complexity index is 76.4. The Labute approximate surface area is 51.6 Å². The molecule has 0 bridgehead atoms. The Hall–Kier alpha value is -0.310. The van der Waals surface area contributed by atoms with Gasteiger partial charge in [-0.15, -0.1) is 11.6 Å². The fraction of sp³-hybridized carbons (Fsp3) is 0.750. The van der Waals surface area contributed by atoms with Crippen molar-refractivity contribution in [2.75, 3.05) is 19.2 Å². The van der Waals surface area contributed by atoms with Crippen molar-refractivity contribution in [1.82, 2.24) is 0 Å². The van der Waals surface area contributed by atoms with Gasteiger partial charge in [-0.25, -0.2) is 4.39 Å². The van der Waals surface area contributed by atoms with Crippen LogP contribution in [0.2, 0.25) is 0 Å². The lowest BCUT2D eigenvalue weighted by atomic mass is 10.7. The molecule has 0 rings (SSSR count). The van der Waals surface area contributed by atoms with Crippen LogP contribution in [0.25, 0.3) is 0 Å². The third kappa shape index (κ3) is 3.87. The van der Waals surface area contributed by atoms with E-state index in [0.717, 1.165) is 0 Å². The molecule has 0 unspecified atom stereocenters. The molecule has 0 aliphatic carbocycles. The predicted molar refractivity (Wildman–Crippen MR) is 27.7 cm³/mol. The predicted octanol–water partition coefficient (Wildman–Crippen LogP) is 0.738. The normalized spacial score (nSPS) is 8.75. The van der Waals surface area contributed by atoms with Gasteiger partial charge in [0.1, 0.15) is 19.2 Å². The molecule has 0 radical (unpaired) electrons. The van der Waals surface area contributed by atoms with Crippen LogP contribution >= 0.6 is 11.6 Å². The average Bonchev–Trinajstić information content (AvgIpc) is 1.83. The Balaban J connectivity index is 2.99. The minimum Gasteiger partial charge on any atom is -0.462 e. The molecule has 0 aromatic heterocycles. The Morgan fingerprint density at radius 2 is 2.38 bits per heavy atom. The molecule has 0 N–H and O–H groups in total. The van der Waals surface area contributed by atoms with E-state index in [1.54, 1.807) is 0 Å². The summed E-state index contributed by atoms with van der Waals surface area (Å²) in [5.41, 5.74) is 0. The summed E-state index contributed by atoms with van der Waals surface area (Å²) < 4.78 is 15.4. The van der Waals surface area contributed by atoms with E-state index >= 15 is 0 Å². The SMILES string of the molecule is O=C(CCl)OCCF. The molecule has 0 amide bonds. The third-order valence-electron chi connectivity index (χ3n) is 0.449. The lowest BCUT2D eigenvalue weighted by Crippen LogP contribution is -2.07. The highest BCUT2D eigenvalue weighted by Crippen LogP contribution is 1.81. The first-order valence-electron chi connectivity index (χ1n) is 2.08. The number of hydrogen-bond donors (Lipinski definition) is 0. The first kappa shape index (κ1) is 7.69. The molecular weight excluding hydrogens is 134 g/mol. The summed E-state index contributed by atoms with van der Waals surface area (Å²) in [4.78, 5) is 10.0. The number of ether oxygens (including phenoxy) is 1. The van der Waals surface area contributed by atoms with E-state index in [2.05, 4.69) is 4.74 Å². The molecule has 0 saturated carbocycles. The number of rotatable bonds is 3. The average molecular weight is 141 g/mol. The van der Waals surface area contributed by atoms with Crippen LogP contribution in [0.15, 0.2) is 0 Å². The van der Waals surface area contributed by atoms with Crippen LogP contribution in [0.5, 0.6) is 0 Å². The van der Waals surface area contributed by atoms with Gasteiger partial charge in [-0.1, -0.05) is 0 Å². The van der Waals surface area contributed by atoms with Crippen LogP contribution in [-0.4, -0.2) is 25.1 Å². The zero-order valence-electron chi connectivity index (χ0n) is 4.19. The molecule has 0 aromatic carbocycles. The van der Waals surface area contributed by atoms with Gasteiger partial charge in [0.15, 0.2) is 0 Å². The number of alkyl halides is 2. The van der Waals surface area contributed by atoms with Gasteiger partial charge in [0.05, 0.1) is 0 Å². The standard InChI is InChI=1S/C4H6ClFO2/c5-3-4(7)8-2-1-6/h1-3H2. The largest absolute Gasteiger partial charge is 0.462 e. The van der Waals surface area contributed by atoms with E-state index in [-0.39, 0.29) is 12.5 Å². The van der Waals surface area contributed by atoms with Crippen molar-refractivity contribution in [3.05, 3.63) is 0 Å². The molecule has 0 heterocycles. The molecule has 48 valence electrons. The first-order chi connectivity index (χ1) is 3.81. The highest BCUT2D eigenvalue weighted by molar-refractivity contribution is 6.26. The summed E-state index contributed by atoms with van der Waals surface area (Å²) >= 11 is 4.99. The fourth-order valence-corrected chi connectivity index (χ4v) is 0.268. The molecular formula is C4H6ClFO2. The van der Waals surface area contributed by atoms with E-state index in [9.17, 15) is 9.18 Å². The smallest absolute Gasteiger partial charge is 0.320 e. The lowest BCUT2D eigenvalue weighted by molar-refractivity contribution is -0.140. The maximum absolute atomic E-state index is 11.2. The number of halogens is 2. The maximum atomic E-state index is 11.2. The van der Waals surface area contributed by atoms with Crippen molar-refractivity contribution >= 4 is 17.6 Å². The van der Waals surface area contributed by atoms with Crippen molar-refractivity contribution < 1.29 is 13.9 Å². The molecule has 0 atom stereocenters. The zero-order valence-corrected chi connectivity index (χ0v) is 4.95. The molecule has 0 spiro atoms. The lowest BCUT2D eigenvalue weighted by Gasteiger charge is -1.94. The summed E-state index contributed by atoms with van der Waals surface area (Å²) in [6.45, 7) is -0.839. The fourth-order valence-electron chi connectivity index (χ4n) is 0.191. The zero-order chi connectivity index (χ0) is 6.41. The van der Waals surface area contributed by atoms with Crippen molar-refractivity contribution in [3.63, 3.8) is 0 Å². The number of hydrogen-bond acceptors (Lipinski definition) is 2. The van der Waals surface area contributed by atoms with Crippen LogP contribution in [0.3, 0.4) is 0 Å². The van der Waals surface area contributed by atoms with E-state index in [1.165, 1.54) is 0 Å². The second kappa shape index (κ2) is 4.84. The molecule has 0 saturated heterocycles. The Morgan fingerprint density at radius 1 is 1.75 bits per heavy atom. The van der Waals surface area contributed by atoms with Gasteiger partial charge in [-0.3, -0.25) is 4.79 Å². The van der Waals surface area contributed by atoms with E-state index in [1.807, 2.05) is 0 Å². The summed E-state index contributed by atoms with van der Waals surface area (Å²) in [6, 6.07) is 0. The highest BCUT2D eigenvalue weighted by Gasteiger charge is 1.96. The van der Waals surface area contributed by atoms with Crippen LogP contribution in [0, 0.1) is 0 Å². The van der Waals surface area contributed by atoms with E-state index in [0.29, 0.717) is 0 Å². The molecule has 0 aliphatic heterocycles. The number of esters is 1. The van der Waals surface area contributed by atoms with E-state index in [4.69, 9.17) is 11.6 Å². The summed E-state index contributed by atoms with van der Waals surface area (Å²) in [6.07, 6.45) is 0. The molecule has 8 heavy (non-hydrogen) atoms. The molecule has 0 aliphatic rings. The van der Waals surface area contributed by atoms with Crippen LogP contribution < -0.4 is 0 Å². The van der Waals surface area contributed by atoms with Gasteiger partial charge < -0.3 is 4.74 Å².